The van der Waals surface area contributed by atoms with Gasteiger partial charge in [0.25, 0.3) is 0 Å². The molecule has 0 aromatic heterocycles. The lowest BCUT2D eigenvalue weighted by molar-refractivity contribution is -0.128. The van der Waals surface area contributed by atoms with Crippen LogP contribution in [-0.4, -0.2) is 24.4 Å². The SMILES string of the molecule is CC(NC(=O)C1NCCc2ccccc21)C(N)=O. The molecule has 96 valence electrons. The Labute approximate surface area is 106 Å². The summed E-state index contributed by atoms with van der Waals surface area (Å²) in [6, 6.07) is 6.76. The van der Waals surface area contributed by atoms with Crippen LogP contribution in [0.25, 0.3) is 0 Å². The molecular formula is C13H17N3O2. The summed E-state index contributed by atoms with van der Waals surface area (Å²) >= 11 is 0. The highest BCUT2D eigenvalue weighted by Crippen LogP contribution is 2.22. The first-order valence-corrected chi connectivity index (χ1v) is 6.00. The molecule has 5 nitrogen and oxygen atoms in total. The smallest absolute Gasteiger partial charge is 0.242 e. The molecule has 1 aliphatic heterocycles. The largest absolute Gasteiger partial charge is 0.368 e. The van der Waals surface area contributed by atoms with Crippen LogP contribution in [0.4, 0.5) is 0 Å². The van der Waals surface area contributed by atoms with Crippen LogP contribution in [0, 0.1) is 0 Å². The molecule has 2 unspecified atom stereocenters. The molecule has 0 spiro atoms. The van der Waals surface area contributed by atoms with E-state index in [4.69, 9.17) is 5.73 Å². The zero-order valence-electron chi connectivity index (χ0n) is 10.3. The van der Waals surface area contributed by atoms with Crippen LogP contribution in [-0.2, 0) is 16.0 Å². The molecule has 2 atom stereocenters. The minimum absolute atomic E-state index is 0.214. The fourth-order valence-corrected chi connectivity index (χ4v) is 2.11. The minimum atomic E-state index is -0.659. The molecule has 1 heterocycles. The van der Waals surface area contributed by atoms with Gasteiger partial charge in [-0.05, 0) is 24.5 Å². The standard InChI is InChI=1S/C13H17N3O2/c1-8(12(14)17)16-13(18)11-10-5-3-2-4-9(10)6-7-15-11/h2-5,8,11,15H,6-7H2,1H3,(H2,14,17)(H,16,18). The summed E-state index contributed by atoms with van der Waals surface area (Å²) < 4.78 is 0. The van der Waals surface area contributed by atoms with Crippen LogP contribution in [0.2, 0.25) is 0 Å². The Morgan fingerprint density at radius 1 is 1.44 bits per heavy atom. The van der Waals surface area contributed by atoms with Crippen molar-refractivity contribution in [1.29, 1.82) is 0 Å². The summed E-state index contributed by atoms with van der Waals surface area (Å²) in [5, 5.41) is 5.77. The number of nitrogens with two attached hydrogens (primary N) is 1. The third-order valence-electron chi connectivity index (χ3n) is 3.16. The van der Waals surface area contributed by atoms with Gasteiger partial charge in [0, 0.05) is 6.54 Å². The molecule has 2 amide bonds. The fraction of sp³-hybridized carbons (Fsp3) is 0.385. The molecule has 2 rings (SSSR count). The Hall–Kier alpha value is -1.88. The van der Waals surface area contributed by atoms with Crippen molar-refractivity contribution in [3.05, 3.63) is 35.4 Å². The maximum Gasteiger partial charge on any atom is 0.242 e. The predicted molar refractivity (Wildman–Crippen MR) is 67.7 cm³/mol. The molecular weight excluding hydrogens is 230 g/mol. The van der Waals surface area contributed by atoms with Crippen LogP contribution < -0.4 is 16.4 Å². The van der Waals surface area contributed by atoms with E-state index in [1.807, 2.05) is 24.3 Å². The number of hydrogen-bond acceptors (Lipinski definition) is 3. The topological polar surface area (TPSA) is 84.2 Å². The van der Waals surface area contributed by atoms with Crippen LogP contribution in [0.15, 0.2) is 24.3 Å². The van der Waals surface area contributed by atoms with E-state index in [0.29, 0.717) is 0 Å². The van der Waals surface area contributed by atoms with E-state index in [9.17, 15) is 9.59 Å². The predicted octanol–water partition coefficient (Wildman–Crippen LogP) is -0.137. The lowest BCUT2D eigenvalue weighted by Gasteiger charge is -2.26. The number of benzene rings is 1. The lowest BCUT2D eigenvalue weighted by Crippen LogP contribution is -2.48. The Bertz CT molecular complexity index is 473. The Balaban J connectivity index is 2.15. The third-order valence-corrected chi connectivity index (χ3v) is 3.16. The van der Waals surface area contributed by atoms with E-state index in [1.54, 1.807) is 6.92 Å². The van der Waals surface area contributed by atoms with E-state index >= 15 is 0 Å². The van der Waals surface area contributed by atoms with Crippen molar-refractivity contribution in [3.8, 4) is 0 Å². The molecule has 0 saturated carbocycles. The molecule has 18 heavy (non-hydrogen) atoms. The summed E-state index contributed by atoms with van der Waals surface area (Å²) in [4.78, 5) is 23.0. The minimum Gasteiger partial charge on any atom is -0.368 e. The number of carbonyl (C=O) groups is 2. The van der Waals surface area contributed by atoms with Crippen molar-refractivity contribution < 1.29 is 9.59 Å². The molecule has 1 aliphatic rings. The van der Waals surface area contributed by atoms with Crippen LogP contribution in [0.5, 0.6) is 0 Å². The summed E-state index contributed by atoms with van der Waals surface area (Å²) in [6.07, 6.45) is 0.908. The highest BCUT2D eigenvalue weighted by atomic mass is 16.2. The van der Waals surface area contributed by atoms with Gasteiger partial charge >= 0.3 is 0 Å². The van der Waals surface area contributed by atoms with Gasteiger partial charge in [0.15, 0.2) is 0 Å². The number of fused-ring (bicyclic) bond motifs is 1. The van der Waals surface area contributed by atoms with Crippen molar-refractivity contribution in [2.75, 3.05) is 6.54 Å². The second kappa shape index (κ2) is 5.18. The van der Waals surface area contributed by atoms with Crippen molar-refractivity contribution in [3.63, 3.8) is 0 Å². The van der Waals surface area contributed by atoms with E-state index in [1.165, 1.54) is 5.56 Å². The van der Waals surface area contributed by atoms with E-state index in [-0.39, 0.29) is 5.91 Å². The van der Waals surface area contributed by atoms with E-state index in [2.05, 4.69) is 10.6 Å². The van der Waals surface area contributed by atoms with Gasteiger partial charge < -0.3 is 16.4 Å². The quantitative estimate of drug-likeness (QED) is 0.695. The van der Waals surface area contributed by atoms with Crippen molar-refractivity contribution >= 4 is 11.8 Å². The summed E-state index contributed by atoms with van der Waals surface area (Å²) in [5.41, 5.74) is 7.27. The van der Waals surface area contributed by atoms with Gasteiger partial charge in [0.05, 0.1) is 0 Å². The van der Waals surface area contributed by atoms with Gasteiger partial charge in [0.1, 0.15) is 12.1 Å². The molecule has 0 fully saturated rings. The van der Waals surface area contributed by atoms with Gasteiger partial charge in [-0.1, -0.05) is 24.3 Å². The second-order valence-electron chi connectivity index (χ2n) is 4.47. The first-order chi connectivity index (χ1) is 8.59. The summed E-state index contributed by atoms with van der Waals surface area (Å²) in [7, 11) is 0. The average Bonchev–Trinajstić information content (AvgIpc) is 2.37. The third kappa shape index (κ3) is 2.51. The Morgan fingerprint density at radius 2 is 2.17 bits per heavy atom. The number of rotatable bonds is 3. The van der Waals surface area contributed by atoms with Crippen molar-refractivity contribution in [2.24, 2.45) is 5.73 Å². The molecule has 0 aliphatic carbocycles. The maximum atomic E-state index is 12.1. The lowest BCUT2D eigenvalue weighted by atomic mass is 9.94. The van der Waals surface area contributed by atoms with Crippen LogP contribution in [0.3, 0.4) is 0 Å². The van der Waals surface area contributed by atoms with E-state index < -0.39 is 18.0 Å². The molecule has 0 bridgehead atoms. The van der Waals surface area contributed by atoms with Gasteiger partial charge in [0.2, 0.25) is 11.8 Å². The van der Waals surface area contributed by atoms with Gasteiger partial charge in [-0.25, -0.2) is 0 Å². The first-order valence-electron chi connectivity index (χ1n) is 6.00. The second-order valence-corrected chi connectivity index (χ2v) is 4.47. The van der Waals surface area contributed by atoms with Crippen LogP contribution in [0.1, 0.15) is 24.1 Å². The fourth-order valence-electron chi connectivity index (χ4n) is 2.11. The first kappa shape index (κ1) is 12.6. The molecule has 1 aromatic carbocycles. The average molecular weight is 247 g/mol. The molecule has 0 radical (unpaired) electrons. The molecule has 1 aromatic rings. The highest BCUT2D eigenvalue weighted by Gasteiger charge is 2.27. The van der Waals surface area contributed by atoms with Gasteiger partial charge in [-0.15, -0.1) is 0 Å². The number of nitrogens with one attached hydrogen (secondary N) is 2. The number of primary amides is 1. The van der Waals surface area contributed by atoms with Crippen LogP contribution >= 0.6 is 0 Å². The summed E-state index contributed by atoms with van der Waals surface area (Å²) in [5.74, 6) is -0.749. The molecule has 5 heteroatoms. The zero-order valence-corrected chi connectivity index (χ0v) is 10.3. The summed E-state index contributed by atoms with van der Waals surface area (Å²) in [6.45, 7) is 2.33. The number of carbonyl (C=O) groups excluding carboxylic acids is 2. The van der Waals surface area contributed by atoms with Gasteiger partial charge in [-0.3, -0.25) is 9.59 Å². The Kier molecular flexibility index (Phi) is 3.62. The number of hydrogen-bond donors (Lipinski definition) is 3. The number of amides is 2. The van der Waals surface area contributed by atoms with Crippen molar-refractivity contribution in [2.45, 2.75) is 25.4 Å². The normalized spacial score (nSPS) is 19.7. The van der Waals surface area contributed by atoms with E-state index in [0.717, 1.165) is 18.5 Å². The molecule has 0 saturated heterocycles. The monoisotopic (exact) mass is 247 g/mol. The van der Waals surface area contributed by atoms with Crippen molar-refractivity contribution in [1.82, 2.24) is 10.6 Å². The van der Waals surface area contributed by atoms with Gasteiger partial charge in [-0.2, -0.15) is 0 Å². The molecule has 4 N–H and O–H groups in total. The zero-order chi connectivity index (χ0) is 13.1. The maximum absolute atomic E-state index is 12.1. The Morgan fingerprint density at radius 3 is 2.89 bits per heavy atom. The highest BCUT2D eigenvalue weighted by molar-refractivity contribution is 5.89.